The number of hydrogen-bond donors (Lipinski definition) is 2. The fourth-order valence-corrected chi connectivity index (χ4v) is 3.69. The molecule has 3 aromatic heterocycles. The number of fused-ring (bicyclic) bond motifs is 1. The first-order valence-corrected chi connectivity index (χ1v) is 9.86. The Hall–Kier alpha value is -3.71. The van der Waals surface area contributed by atoms with E-state index < -0.39 is 0 Å². The molecule has 7 nitrogen and oxygen atoms in total. The van der Waals surface area contributed by atoms with Crippen molar-refractivity contribution in [3.8, 4) is 0 Å². The van der Waals surface area contributed by atoms with Gasteiger partial charge in [0.05, 0.1) is 18.0 Å². The zero-order valence-electron chi connectivity index (χ0n) is 16.3. The molecule has 0 atom stereocenters. The van der Waals surface area contributed by atoms with Gasteiger partial charge in [-0.2, -0.15) is 0 Å². The molecule has 7 heteroatoms. The summed E-state index contributed by atoms with van der Waals surface area (Å²) in [4.78, 5) is 24.0. The molecular weight excluding hydrogens is 378 g/mol. The number of amides is 1. The van der Waals surface area contributed by atoms with E-state index in [-0.39, 0.29) is 12.0 Å². The smallest absolute Gasteiger partial charge is 0.272 e. The van der Waals surface area contributed by atoms with E-state index in [2.05, 4.69) is 15.3 Å². The second kappa shape index (κ2) is 7.61. The average Bonchev–Trinajstić information content (AvgIpc) is 3.12. The molecule has 1 saturated heterocycles. The van der Waals surface area contributed by atoms with Crippen molar-refractivity contribution in [2.75, 3.05) is 23.3 Å². The number of nitrogens with zero attached hydrogens (tertiary/aromatic N) is 4. The fourth-order valence-electron chi connectivity index (χ4n) is 3.69. The molecule has 5 rings (SSSR count). The summed E-state index contributed by atoms with van der Waals surface area (Å²) >= 11 is 0. The van der Waals surface area contributed by atoms with E-state index in [1.807, 2.05) is 70.1 Å². The van der Waals surface area contributed by atoms with Crippen molar-refractivity contribution in [1.82, 2.24) is 14.5 Å². The molecule has 4 aromatic rings. The number of anilines is 2. The largest absolute Gasteiger partial charge is 0.389 e. The minimum absolute atomic E-state index is 0.210. The van der Waals surface area contributed by atoms with Crippen molar-refractivity contribution >= 4 is 28.4 Å². The number of β-amino-alcohol motifs (C(OH)–C–C–N with tert-alkyl or cyclic N) is 1. The predicted octanol–water partition coefficient (Wildman–Crippen LogP) is 2.91. The van der Waals surface area contributed by atoms with Crippen molar-refractivity contribution in [3.05, 3.63) is 84.3 Å². The van der Waals surface area contributed by atoms with Gasteiger partial charge >= 0.3 is 0 Å². The van der Waals surface area contributed by atoms with Gasteiger partial charge in [-0.05, 0) is 35.9 Å². The standard InChI is InChI=1S/C23H21N5O2/c29-19-14-27(15-19)21-9-8-18(12-25-21)26-23(30)20-11-17-7-4-10-24-22(17)28(20)13-16-5-2-1-3-6-16/h1-12,19,29H,13-15H2,(H,26,30). The van der Waals surface area contributed by atoms with Crippen LogP contribution in [-0.2, 0) is 6.54 Å². The lowest BCUT2D eigenvalue weighted by molar-refractivity contribution is 0.101. The Morgan fingerprint density at radius 2 is 1.90 bits per heavy atom. The van der Waals surface area contributed by atoms with E-state index >= 15 is 0 Å². The topological polar surface area (TPSA) is 83.3 Å². The summed E-state index contributed by atoms with van der Waals surface area (Å²) in [5.74, 6) is 0.582. The number of nitrogens with one attached hydrogen (secondary N) is 1. The quantitative estimate of drug-likeness (QED) is 0.539. The Kier molecular flexibility index (Phi) is 4.65. The highest BCUT2D eigenvalue weighted by atomic mass is 16.3. The first kappa shape index (κ1) is 18.3. The Labute approximate surface area is 173 Å². The van der Waals surface area contributed by atoms with Crippen LogP contribution in [-0.4, -0.2) is 44.7 Å². The average molecular weight is 399 g/mol. The van der Waals surface area contributed by atoms with Crippen LogP contribution in [0.3, 0.4) is 0 Å². The number of aliphatic hydroxyl groups is 1. The van der Waals surface area contributed by atoms with E-state index in [9.17, 15) is 9.90 Å². The molecule has 0 saturated carbocycles. The highest BCUT2D eigenvalue weighted by Crippen LogP contribution is 2.22. The summed E-state index contributed by atoms with van der Waals surface area (Å²) in [5, 5.41) is 13.3. The van der Waals surface area contributed by atoms with Crippen LogP contribution in [0.25, 0.3) is 11.0 Å². The first-order valence-electron chi connectivity index (χ1n) is 9.86. The van der Waals surface area contributed by atoms with E-state index in [4.69, 9.17) is 0 Å². The van der Waals surface area contributed by atoms with Crippen LogP contribution in [0.15, 0.2) is 73.1 Å². The van der Waals surface area contributed by atoms with Crippen molar-refractivity contribution in [3.63, 3.8) is 0 Å². The summed E-state index contributed by atoms with van der Waals surface area (Å²) in [6.07, 6.45) is 3.09. The van der Waals surface area contributed by atoms with Crippen LogP contribution in [0.4, 0.5) is 11.5 Å². The van der Waals surface area contributed by atoms with Crippen LogP contribution < -0.4 is 10.2 Å². The minimum Gasteiger partial charge on any atom is -0.389 e. The maximum absolute atomic E-state index is 13.1. The molecule has 1 aliphatic heterocycles. The molecule has 4 heterocycles. The van der Waals surface area contributed by atoms with Crippen molar-refractivity contribution < 1.29 is 9.90 Å². The van der Waals surface area contributed by atoms with Gasteiger partial charge in [-0.25, -0.2) is 9.97 Å². The van der Waals surface area contributed by atoms with Crippen LogP contribution in [0.1, 0.15) is 16.1 Å². The van der Waals surface area contributed by atoms with E-state index in [1.165, 1.54) is 0 Å². The van der Waals surface area contributed by atoms with E-state index in [0.717, 1.165) is 22.4 Å². The number of pyridine rings is 2. The molecule has 0 bridgehead atoms. The molecule has 1 fully saturated rings. The highest BCUT2D eigenvalue weighted by Gasteiger charge is 2.25. The van der Waals surface area contributed by atoms with Gasteiger partial charge in [0, 0.05) is 31.2 Å². The van der Waals surface area contributed by atoms with E-state index in [0.29, 0.717) is 31.0 Å². The predicted molar refractivity (Wildman–Crippen MR) is 116 cm³/mol. The molecule has 30 heavy (non-hydrogen) atoms. The SMILES string of the molecule is O=C(Nc1ccc(N2CC(O)C2)nc1)c1cc2cccnc2n1Cc1ccccc1. The summed E-state index contributed by atoms with van der Waals surface area (Å²) in [7, 11) is 0. The Morgan fingerprint density at radius 1 is 1.07 bits per heavy atom. The molecule has 1 amide bonds. The third-order valence-electron chi connectivity index (χ3n) is 5.26. The van der Waals surface area contributed by atoms with Crippen molar-refractivity contribution in [1.29, 1.82) is 0 Å². The van der Waals surface area contributed by atoms with Crippen molar-refractivity contribution in [2.45, 2.75) is 12.6 Å². The molecule has 1 aromatic carbocycles. The molecular formula is C23H21N5O2. The van der Waals surface area contributed by atoms with Gasteiger partial charge in [0.25, 0.3) is 5.91 Å². The molecule has 0 unspecified atom stereocenters. The normalized spacial score (nSPS) is 14.0. The van der Waals surface area contributed by atoms with Crippen LogP contribution in [0.2, 0.25) is 0 Å². The van der Waals surface area contributed by atoms with E-state index in [1.54, 1.807) is 12.4 Å². The number of aliphatic hydroxyl groups excluding tert-OH is 1. The first-order chi connectivity index (χ1) is 14.7. The molecule has 0 spiro atoms. The van der Waals surface area contributed by atoms with Crippen LogP contribution in [0.5, 0.6) is 0 Å². The lowest BCUT2D eigenvalue weighted by Gasteiger charge is -2.36. The fraction of sp³-hybridized carbons (Fsp3) is 0.174. The molecule has 1 aliphatic rings. The molecule has 0 aliphatic carbocycles. The third kappa shape index (κ3) is 3.51. The Balaban J connectivity index is 1.41. The van der Waals surface area contributed by atoms with Gasteiger partial charge in [0.2, 0.25) is 0 Å². The number of carbonyl (C=O) groups is 1. The van der Waals surface area contributed by atoms with Crippen LogP contribution in [0, 0.1) is 0 Å². The maximum atomic E-state index is 13.1. The molecule has 150 valence electrons. The summed E-state index contributed by atoms with van der Waals surface area (Å²) in [6.45, 7) is 1.73. The number of rotatable bonds is 5. The third-order valence-corrected chi connectivity index (χ3v) is 5.26. The molecule has 0 radical (unpaired) electrons. The minimum atomic E-state index is -0.286. The van der Waals surface area contributed by atoms with Gasteiger partial charge in [-0.1, -0.05) is 30.3 Å². The van der Waals surface area contributed by atoms with Crippen molar-refractivity contribution in [2.24, 2.45) is 0 Å². The lowest BCUT2D eigenvalue weighted by atomic mass is 10.2. The Bertz CT molecular complexity index is 1180. The summed E-state index contributed by atoms with van der Waals surface area (Å²) in [6, 6.07) is 19.4. The van der Waals surface area contributed by atoms with Gasteiger partial charge in [0.1, 0.15) is 17.2 Å². The number of carbonyl (C=O) groups excluding carboxylic acids is 1. The second-order valence-corrected chi connectivity index (χ2v) is 7.44. The number of benzene rings is 1. The van der Waals surface area contributed by atoms with Gasteiger partial charge in [-0.15, -0.1) is 0 Å². The van der Waals surface area contributed by atoms with Crippen LogP contribution >= 0.6 is 0 Å². The zero-order chi connectivity index (χ0) is 20.5. The molecule has 2 N–H and O–H groups in total. The van der Waals surface area contributed by atoms with Gasteiger partial charge < -0.3 is 19.9 Å². The number of hydrogen-bond acceptors (Lipinski definition) is 5. The lowest BCUT2D eigenvalue weighted by Crippen LogP contribution is -2.51. The maximum Gasteiger partial charge on any atom is 0.272 e. The monoisotopic (exact) mass is 399 g/mol. The Morgan fingerprint density at radius 3 is 2.63 bits per heavy atom. The second-order valence-electron chi connectivity index (χ2n) is 7.44. The van der Waals surface area contributed by atoms with Gasteiger partial charge in [-0.3, -0.25) is 4.79 Å². The highest BCUT2D eigenvalue weighted by molar-refractivity contribution is 6.06. The summed E-state index contributed by atoms with van der Waals surface area (Å²) < 4.78 is 1.93. The number of aromatic nitrogens is 3. The zero-order valence-corrected chi connectivity index (χ0v) is 16.3. The van der Waals surface area contributed by atoms with Gasteiger partial charge in [0.15, 0.2) is 0 Å². The summed E-state index contributed by atoms with van der Waals surface area (Å²) in [5.41, 5.74) is 3.03.